The minimum Gasteiger partial charge on any atom is -0.486 e. The quantitative estimate of drug-likeness (QED) is 0.371. The number of aromatic nitrogens is 5. The Bertz CT molecular complexity index is 1650. The fourth-order valence-electron chi connectivity index (χ4n) is 4.31. The monoisotopic (exact) mass is 489 g/mol. The Balaban J connectivity index is 1.46. The lowest BCUT2D eigenvalue weighted by Gasteiger charge is -2.19. The van der Waals surface area contributed by atoms with Crippen LogP contribution in [0, 0.1) is 0 Å². The van der Waals surface area contributed by atoms with Crippen LogP contribution in [-0.4, -0.2) is 44.7 Å². The zero-order chi connectivity index (χ0) is 23.9. The van der Waals surface area contributed by atoms with Gasteiger partial charge in [0.15, 0.2) is 22.7 Å². The topological polar surface area (TPSA) is 92.8 Å². The molecule has 176 valence electrons. The van der Waals surface area contributed by atoms with Crippen LogP contribution in [0.25, 0.3) is 27.8 Å². The number of hydrogen-bond acceptors (Lipinski definition) is 7. The molecule has 3 aromatic heterocycles. The van der Waals surface area contributed by atoms with Crippen molar-refractivity contribution in [3.63, 3.8) is 0 Å². The number of fused-ring (bicyclic) bond motifs is 4. The van der Waals surface area contributed by atoms with Crippen LogP contribution in [0.4, 0.5) is 0 Å². The van der Waals surface area contributed by atoms with Crippen molar-refractivity contribution >= 4 is 28.3 Å². The standard InChI is InChI=1S/C25H20ClN5O4/c1-33-14-18-22(16-3-2-4-17(26)12-16)24-28-27-23-19(31(24)29-18)7-8-30(25(23)32)13-15-5-6-20-21(11-15)35-10-9-34-20/h2-8,11-12H,9-10,13-14H2,1H3. The van der Waals surface area contributed by atoms with Gasteiger partial charge >= 0.3 is 0 Å². The Kier molecular flexibility index (Phi) is 5.35. The van der Waals surface area contributed by atoms with Crippen molar-refractivity contribution in [2.75, 3.05) is 20.3 Å². The van der Waals surface area contributed by atoms with Gasteiger partial charge in [-0.25, -0.2) is 4.52 Å². The molecule has 0 bridgehead atoms. The second-order valence-corrected chi connectivity index (χ2v) is 8.60. The average molecular weight is 490 g/mol. The molecule has 0 unspecified atom stereocenters. The molecule has 0 aliphatic carbocycles. The zero-order valence-corrected chi connectivity index (χ0v) is 19.5. The SMILES string of the molecule is COCc1nn2c(nnc3c(=O)n(Cc4ccc5c(c4)OCCO5)ccc32)c1-c1cccc(Cl)c1. The molecule has 35 heavy (non-hydrogen) atoms. The molecular weight excluding hydrogens is 470 g/mol. The van der Waals surface area contributed by atoms with E-state index in [1.807, 2.05) is 42.5 Å². The third kappa shape index (κ3) is 3.78. The van der Waals surface area contributed by atoms with Gasteiger partial charge in [-0.05, 0) is 41.5 Å². The van der Waals surface area contributed by atoms with Crippen molar-refractivity contribution in [2.24, 2.45) is 0 Å². The first-order valence-corrected chi connectivity index (χ1v) is 11.4. The average Bonchev–Trinajstić information content (AvgIpc) is 3.24. The Morgan fingerprint density at radius 1 is 1.06 bits per heavy atom. The Labute approximate surface area is 204 Å². The second-order valence-electron chi connectivity index (χ2n) is 8.16. The molecule has 0 fully saturated rings. The van der Waals surface area contributed by atoms with E-state index >= 15 is 0 Å². The van der Waals surface area contributed by atoms with Crippen LogP contribution in [0.5, 0.6) is 11.5 Å². The van der Waals surface area contributed by atoms with Gasteiger partial charge in [0.25, 0.3) is 5.56 Å². The summed E-state index contributed by atoms with van der Waals surface area (Å²) in [7, 11) is 1.60. The first kappa shape index (κ1) is 21.6. The molecule has 0 saturated carbocycles. The summed E-state index contributed by atoms with van der Waals surface area (Å²) in [6.07, 6.45) is 1.74. The van der Waals surface area contributed by atoms with Crippen LogP contribution in [0.1, 0.15) is 11.3 Å². The zero-order valence-electron chi connectivity index (χ0n) is 18.8. The Morgan fingerprint density at radius 2 is 1.91 bits per heavy atom. The van der Waals surface area contributed by atoms with Gasteiger partial charge in [0.2, 0.25) is 0 Å². The van der Waals surface area contributed by atoms with E-state index < -0.39 is 0 Å². The van der Waals surface area contributed by atoms with Gasteiger partial charge in [-0.15, -0.1) is 10.2 Å². The van der Waals surface area contributed by atoms with Gasteiger partial charge in [-0.1, -0.05) is 29.8 Å². The van der Waals surface area contributed by atoms with Crippen molar-refractivity contribution in [1.29, 1.82) is 0 Å². The van der Waals surface area contributed by atoms with Crippen LogP contribution in [-0.2, 0) is 17.9 Å². The second kappa shape index (κ2) is 8.68. The number of rotatable bonds is 5. The van der Waals surface area contributed by atoms with Gasteiger partial charge < -0.3 is 18.8 Å². The molecule has 9 nitrogen and oxygen atoms in total. The normalized spacial score (nSPS) is 13.0. The molecule has 2 aromatic carbocycles. The summed E-state index contributed by atoms with van der Waals surface area (Å²) in [5.74, 6) is 1.39. The predicted molar refractivity (Wildman–Crippen MR) is 130 cm³/mol. The molecule has 10 heteroatoms. The lowest BCUT2D eigenvalue weighted by Crippen LogP contribution is -2.22. The Hall–Kier alpha value is -3.95. The summed E-state index contributed by atoms with van der Waals surface area (Å²) in [5, 5.41) is 14.0. The maximum Gasteiger partial charge on any atom is 0.280 e. The molecule has 0 atom stereocenters. The molecule has 5 aromatic rings. The molecular formula is C25H20ClN5O4. The number of hydrogen-bond donors (Lipinski definition) is 0. The number of nitrogens with zero attached hydrogens (tertiary/aromatic N) is 5. The molecule has 6 rings (SSSR count). The lowest BCUT2D eigenvalue weighted by atomic mass is 10.1. The van der Waals surface area contributed by atoms with Gasteiger partial charge in [-0.3, -0.25) is 4.79 Å². The number of methoxy groups -OCH3 is 1. The molecule has 0 N–H and O–H groups in total. The summed E-state index contributed by atoms with van der Waals surface area (Å²) >= 11 is 6.23. The van der Waals surface area contributed by atoms with Gasteiger partial charge in [-0.2, -0.15) is 5.10 Å². The highest BCUT2D eigenvalue weighted by molar-refractivity contribution is 6.30. The van der Waals surface area contributed by atoms with Gasteiger partial charge in [0, 0.05) is 18.3 Å². The van der Waals surface area contributed by atoms with E-state index in [0.717, 1.165) is 16.7 Å². The highest BCUT2D eigenvalue weighted by atomic mass is 35.5. The molecule has 4 heterocycles. The fraction of sp³-hybridized carbons (Fsp3) is 0.200. The third-order valence-corrected chi connectivity index (χ3v) is 6.11. The first-order valence-electron chi connectivity index (χ1n) is 11.0. The summed E-state index contributed by atoms with van der Waals surface area (Å²) in [5.41, 5.74) is 4.25. The first-order chi connectivity index (χ1) is 17.1. The van der Waals surface area contributed by atoms with E-state index in [9.17, 15) is 4.79 Å². The summed E-state index contributed by atoms with van der Waals surface area (Å²) in [6, 6.07) is 14.9. The highest BCUT2D eigenvalue weighted by Gasteiger charge is 2.20. The molecule has 0 amide bonds. The maximum absolute atomic E-state index is 13.3. The van der Waals surface area contributed by atoms with Crippen LogP contribution in [0.2, 0.25) is 5.02 Å². The largest absolute Gasteiger partial charge is 0.486 e. The highest BCUT2D eigenvalue weighted by Crippen LogP contribution is 2.32. The predicted octanol–water partition coefficient (Wildman–Crippen LogP) is 3.73. The summed E-state index contributed by atoms with van der Waals surface area (Å²) < 4.78 is 19.8. The summed E-state index contributed by atoms with van der Waals surface area (Å²) in [4.78, 5) is 13.3. The molecule has 0 saturated heterocycles. The number of ether oxygens (including phenoxy) is 3. The van der Waals surface area contributed by atoms with E-state index in [0.29, 0.717) is 53.1 Å². The van der Waals surface area contributed by atoms with E-state index in [1.54, 1.807) is 28.5 Å². The van der Waals surface area contributed by atoms with Crippen LogP contribution in [0.3, 0.4) is 0 Å². The van der Waals surface area contributed by atoms with Crippen LogP contribution in [0.15, 0.2) is 59.5 Å². The molecule has 1 aliphatic heterocycles. The molecule has 0 radical (unpaired) electrons. The molecule has 1 aliphatic rings. The minimum absolute atomic E-state index is 0.224. The van der Waals surface area contributed by atoms with Gasteiger partial charge in [0.05, 0.1) is 24.4 Å². The van der Waals surface area contributed by atoms with Crippen LogP contribution < -0.4 is 15.0 Å². The van der Waals surface area contributed by atoms with Crippen molar-refractivity contribution in [3.05, 3.63) is 81.4 Å². The van der Waals surface area contributed by atoms with Crippen molar-refractivity contribution in [2.45, 2.75) is 13.2 Å². The van der Waals surface area contributed by atoms with Crippen LogP contribution >= 0.6 is 11.6 Å². The van der Waals surface area contributed by atoms with E-state index in [-0.39, 0.29) is 17.7 Å². The number of benzene rings is 2. The maximum atomic E-state index is 13.3. The number of pyridine rings is 1. The van der Waals surface area contributed by atoms with E-state index in [4.69, 9.17) is 30.9 Å². The van der Waals surface area contributed by atoms with E-state index in [2.05, 4.69) is 10.2 Å². The van der Waals surface area contributed by atoms with E-state index in [1.165, 1.54) is 0 Å². The third-order valence-electron chi connectivity index (χ3n) is 5.88. The van der Waals surface area contributed by atoms with Crippen molar-refractivity contribution < 1.29 is 14.2 Å². The lowest BCUT2D eigenvalue weighted by molar-refractivity contribution is 0.171. The smallest absolute Gasteiger partial charge is 0.280 e. The number of halogens is 1. The Morgan fingerprint density at radius 3 is 2.74 bits per heavy atom. The fourth-order valence-corrected chi connectivity index (χ4v) is 4.50. The minimum atomic E-state index is -0.264. The van der Waals surface area contributed by atoms with Crippen molar-refractivity contribution in [1.82, 2.24) is 24.4 Å². The summed E-state index contributed by atoms with van der Waals surface area (Å²) in [6.45, 7) is 1.66. The molecule has 0 spiro atoms. The van der Waals surface area contributed by atoms with Crippen molar-refractivity contribution in [3.8, 4) is 22.6 Å². The van der Waals surface area contributed by atoms with Gasteiger partial charge in [0.1, 0.15) is 18.7 Å².